The highest BCUT2D eigenvalue weighted by Crippen LogP contribution is 2.33. The van der Waals surface area contributed by atoms with E-state index in [1.165, 1.54) is 0 Å². The van der Waals surface area contributed by atoms with Gasteiger partial charge in [-0.25, -0.2) is 0 Å². The number of aryl methyl sites for hydroxylation is 1. The number of hydrogen-bond donors (Lipinski definition) is 2. The van der Waals surface area contributed by atoms with Crippen molar-refractivity contribution in [2.45, 2.75) is 30.7 Å². The smallest absolute Gasteiger partial charge is 0.303 e. The summed E-state index contributed by atoms with van der Waals surface area (Å²) in [4.78, 5) is 11.7. The van der Waals surface area contributed by atoms with Crippen molar-refractivity contribution in [3.63, 3.8) is 0 Å². The molecule has 0 aliphatic carbocycles. The first-order valence-corrected chi connectivity index (χ1v) is 6.92. The van der Waals surface area contributed by atoms with Crippen LogP contribution in [0.2, 0.25) is 0 Å². The number of carboxylic acids is 1. The molecule has 3 N–H and O–H groups in total. The summed E-state index contributed by atoms with van der Waals surface area (Å²) in [5.41, 5.74) is 8.04. The predicted molar refractivity (Wildman–Crippen MR) is 73.3 cm³/mol. The quantitative estimate of drug-likeness (QED) is 0.777. The molecule has 0 fully saturated rings. The second-order valence-corrected chi connectivity index (χ2v) is 4.95. The van der Waals surface area contributed by atoms with Gasteiger partial charge in [0.1, 0.15) is 5.75 Å². The van der Waals surface area contributed by atoms with E-state index in [-0.39, 0.29) is 12.5 Å². The SMILES string of the molecule is COc1cc(C)c(SC)cc1C(N)CCC(=O)O. The highest BCUT2D eigenvalue weighted by Gasteiger charge is 2.15. The number of benzene rings is 1. The third-order valence-electron chi connectivity index (χ3n) is 2.82. The number of ether oxygens (including phenoxy) is 1. The molecule has 100 valence electrons. The molecule has 0 bridgehead atoms. The Morgan fingerprint density at radius 1 is 1.56 bits per heavy atom. The molecule has 4 nitrogen and oxygen atoms in total. The molecule has 0 spiro atoms. The van der Waals surface area contributed by atoms with Crippen LogP contribution < -0.4 is 10.5 Å². The van der Waals surface area contributed by atoms with Crippen LogP contribution in [0.3, 0.4) is 0 Å². The number of thioether (sulfide) groups is 1. The molecule has 1 rings (SSSR count). The third-order valence-corrected chi connectivity index (χ3v) is 3.70. The third kappa shape index (κ3) is 3.65. The Morgan fingerprint density at radius 3 is 2.72 bits per heavy atom. The molecule has 0 aromatic heterocycles. The maximum Gasteiger partial charge on any atom is 0.303 e. The van der Waals surface area contributed by atoms with E-state index in [4.69, 9.17) is 15.6 Å². The Morgan fingerprint density at radius 2 is 2.22 bits per heavy atom. The molecule has 0 aliphatic rings. The Kier molecular flexibility index (Phi) is 5.50. The number of rotatable bonds is 6. The van der Waals surface area contributed by atoms with Crippen LogP contribution in [0.4, 0.5) is 0 Å². The molecular weight excluding hydrogens is 250 g/mol. The number of carboxylic acid groups (broad SMARTS) is 1. The van der Waals surface area contributed by atoms with Crippen LogP contribution in [-0.4, -0.2) is 24.4 Å². The number of nitrogens with two attached hydrogens (primary N) is 1. The lowest BCUT2D eigenvalue weighted by Gasteiger charge is -2.17. The van der Waals surface area contributed by atoms with Crippen molar-refractivity contribution in [2.24, 2.45) is 5.73 Å². The molecule has 0 heterocycles. The predicted octanol–water partition coefficient (Wildman–Crippen LogP) is 2.59. The highest BCUT2D eigenvalue weighted by molar-refractivity contribution is 7.98. The van der Waals surface area contributed by atoms with Gasteiger partial charge < -0.3 is 15.6 Å². The van der Waals surface area contributed by atoms with Crippen molar-refractivity contribution >= 4 is 17.7 Å². The first kappa shape index (κ1) is 14.9. The Labute approximate surface area is 112 Å². The first-order chi connectivity index (χ1) is 8.49. The minimum absolute atomic E-state index is 0.0623. The number of hydrogen-bond acceptors (Lipinski definition) is 4. The summed E-state index contributed by atoms with van der Waals surface area (Å²) in [5, 5.41) is 8.69. The second-order valence-electron chi connectivity index (χ2n) is 4.10. The van der Waals surface area contributed by atoms with E-state index in [1.807, 2.05) is 25.3 Å². The summed E-state index contributed by atoms with van der Waals surface area (Å²) < 4.78 is 5.32. The average molecular weight is 269 g/mol. The molecule has 5 heteroatoms. The van der Waals surface area contributed by atoms with Crippen LogP contribution >= 0.6 is 11.8 Å². The van der Waals surface area contributed by atoms with Gasteiger partial charge in [0, 0.05) is 22.9 Å². The molecule has 1 aromatic rings. The summed E-state index contributed by atoms with van der Waals surface area (Å²) in [6.45, 7) is 2.01. The molecule has 0 aliphatic heterocycles. The zero-order valence-electron chi connectivity index (χ0n) is 10.9. The van der Waals surface area contributed by atoms with E-state index in [2.05, 4.69) is 0 Å². The van der Waals surface area contributed by atoms with E-state index in [9.17, 15) is 4.79 Å². The van der Waals surface area contributed by atoms with Crippen molar-refractivity contribution < 1.29 is 14.6 Å². The minimum Gasteiger partial charge on any atom is -0.496 e. The van der Waals surface area contributed by atoms with Crippen molar-refractivity contribution in [1.82, 2.24) is 0 Å². The minimum atomic E-state index is -0.832. The molecule has 1 aromatic carbocycles. The van der Waals surface area contributed by atoms with Crippen LogP contribution in [0, 0.1) is 6.92 Å². The van der Waals surface area contributed by atoms with Gasteiger partial charge in [-0.1, -0.05) is 0 Å². The summed E-state index contributed by atoms with van der Waals surface area (Å²) in [6, 6.07) is 3.62. The van der Waals surface area contributed by atoms with Crippen LogP contribution in [0.1, 0.15) is 30.0 Å². The molecule has 1 unspecified atom stereocenters. The fourth-order valence-corrected chi connectivity index (χ4v) is 2.42. The van der Waals surface area contributed by atoms with Crippen molar-refractivity contribution in [2.75, 3.05) is 13.4 Å². The number of methoxy groups -OCH3 is 1. The summed E-state index contributed by atoms with van der Waals surface area (Å²) >= 11 is 1.64. The Hall–Kier alpha value is -1.20. The topological polar surface area (TPSA) is 72.5 Å². The molecule has 1 atom stereocenters. The highest BCUT2D eigenvalue weighted by atomic mass is 32.2. The van der Waals surface area contributed by atoms with E-state index in [0.717, 1.165) is 21.8 Å². The molecular formula is C13H19NO3S. The van der Waals surface area contributed by atoms with Crippen molar-refractivity contribution in [3.05, 3.63) is 23.3 Å². The van der Waals surface area contributed by atoms with Gasteiger partial charge in [0.25, 0.3) is 0 Å². The molecule has 18 heavy (non-hydrogen) atoms. The fraction of sp³-hybridized carbons (Fsp3) is 0.462. The number of carbonyl (C=O) groups is 1. The molecule has 0 amide bonds. The maximum absolute atomic E-state index is 10.6. The van der Waals surface area contributed by atoms with Gasteiger partial charge in [-0.3, -0.25) is 4.79 Å². The van der Waals surface area contributed by atoms with Gasteiger partial charge >= 0.3 is 5.97 Å². The zero-order valence-corrected chi connectivity index (χ0v) is 11.7. The summed E-state index contributed by atoms with van der Waals surface area (Å²) in [6.07, 6.45) is 2.47. The van der Waals surface area contributed by atoms with E-state index < -0.39 is 5.97 Å². The van der Waals surface area contributed by atoms with Gasteiger partial charge in [0.2, 0.25) is 0 Å². The fourth-order valence-electron chi connectivity index (χ4n) is 1.80. The lowest BCUT2D eigenvalue weighted by Crippen LogP contribution is -2.13. The van der Waals surface area contributed by atoms with Gasteiger partial charge in [-0.2, -0.15) is 0 Å². The standard InChI is InChI=1S/C13H19NO3S/c1-8-6-11(17-2)9(7-12(8)18-3)10(14)4-5-13(15)16/h6-7,10H,4-5,14H2,1-3H3,(H,15,16). The van der Waals surface area contributed by atoms with Crippen LogP contribution in [0.15, 0.2) is 17.0 Å². The van der Waals surface area contributed by atoms with Gasteiger partial charge in [-0.15, -0.1) is 11.8 Å². The normalized spacial score (nSPS) is 12.2. The molecule has 0 saturated heterocycles. The van der Waals surface area contributed by atoms with E-state index in [0.29, 0.717) is 6.42 Å². The van der Waals surface area contributed by atoms with Gasteiger partial charge in [-0.05, 0) is 37.3 Å². The van der Waals surface area contributed by atoms with Crippen LogP contribution in [0.25, 0.3) is 0 Å². The van der Waals surface area contributed by atoms with Crippen molar-refractivity contribution in [3.8, 4) is 5.75 Å². The number of aliphatic carboxylic acids is 1. The lowest BCUT2D eigenvalue weighted by molar-refractivity contribution is -0.137. The van der Waals surface area contributed by atoms with Crippen molar-refractivity contribution in [1.29, 1.82) is 0 Å². The zero-order chi connectivity index (χ0) is 13.7. The first-order valence-electron chi connectivity index (χ1n) is 5.69. The maximum atomic E-state index is 10.6. The Balaban J connectivity index is 3.01. The van der Waals surface area contributed by atoms with Gasteiger partial charge in [0.15, 0.2) is 0 Å². The monoisotopic (exact) mass is 269 g/mol. The largest absolute Gasteiger partial charge is 0.496 e. The summed E-state index contributed by atoms with van der Waals surface area (Å²) in [7, 11) is 1.60. The average Bonchev–Trinajstić information content (AvgIpc) is 2.35. The van der Waals surface area contributed by atoms with E-state index >= 15 is 0 Å². The molecule has 0 saturated carbocycles. The Bertz CT molecular complexity index is 434. The molecule has 0 radical (unpaired) electrons. The van der Waals surface area contributed by atoms with Gasteiger partial charge in [0.05, 0.1) is 7.11 Å². The van der Waals surface area contributed by atoms with Crippen LogP contribution in [0.5, 0.6) is 5.75 Å². The van der Waals surface area contributed by atoms with E-state index in [1.54, 1.807) is 18.9 Å². The second kappa shape index (κ2) is 6.66. The van der Waals surface area contributed by atoms with Crippen LogP contribution in [-0.2, 0) is 4.79 Å². The lowest BCUT2D eigenvalue weighted by atomic mass is 10.0. The summed E-state index contributed by atoms with van der Waals surface area (Å²) in [5.74, 6) is -0.107.